The van der Waals surface area contributed by atoms with Gasteiger partial charge in [-0.15, -0.1) is 0 Å². The Labute approximate surface area is 210 Å². The Hall–Kier alpha value is -3.70. The molecule has 0 saturated carbocycles. The number of aliphatic hydroxyl groups is 1. The van der Waals surface area contributed by atoms with Crippen LogP contribution in [0.5, 0.6) is 5.75 Å². The number of rotatable bonds is 12. The van der Waals surface area contributed by atoms with E-state index in [1.54, 1.807) is 63.2 Å². The average molecular weight is 502 g/mol. The second-order valence-electron chi connectivity index (χ2n) is 9.28. The van der Waals surface area contributed by atoms with E-state index < -0.39 is 41.3 Å². The summed E-state index contributed by atoms with van der Waals surface area (Å²) in [6.07, 6.45) is 1.46. The normalized spacial score (nSPS) is 13.6. The summed E-state index contributed by atoms with van der Waals surface area (Å²) in [6.45, 7) is 7.89. The van der Waals surface area contributed by atoms with Crippen molar-refractivity contribution in [2.45, 2.75) is 58.7 Å². The van der Waals surface area contributed by atoms with Crippen LogP contribution < -0.4 is 26.2 Å². The molecule has 11 heteroatoms. The summed E-state index contributed by atoms with van der Waals surface area (Å²) >= 11 is 0. The number of aromatic nitrogens is 1. The first-order chi connectivity index (χ1) is 17.1. The zero-order valence-electron chi connectivity index (χ0n) is 20.9. The van der Waals surface area contributed by atoms with Gasteiger partial charge in [-0.2, -0.15) is 0 Å². The number of hydrogen-bond acceptors (Lipinski definition) is 8. The lowest BCUT2D eigenvalue weighted by Crippen LogP contribution is -2.59. The van der Waals surface area contributed by atoms with E-state index >= 15 is 0 Å². The van der Waals surface area contributed by atoms with Crippen molar-refractivity contribution in [3.8, 4) is 5.75 Å². The minimum atomic E-state index is -1.96. The highest BCUT2D eigenvalue weighted by Gasteiger charge is 2.38. The van der Waals surface area contributed by atoms with Crippen molar-refractivity contribution < 1.29 is 29.4 Å². The van der Waals surface area contributed by atoms with E-state index in [9.17, 15) is 19.5 Å². The molecule has 0 aliphatic carbocycles. The van der Waals surface area contributed by atoms with Crippen LogP contribution in [-0.4, -0.2) is 57.8 Å². The van der Waals surface area contributed by atoms with Crippen LogP contribution in [0.15, 0.2) is 48.7 Å². The Balaban J connectivity index is 2.22. The highest BCUT2D eigenvalue weighted by atomic mass is 16.5. The SMILES string of the molecule is CCCCOc1ccc(NC(C(=O)NC(C(=O)Nc2ccccn2)C(C)(C)C)C(O)C(=O)NO)cc1. The van der Waals surface area contributed by atoms with E-state index in [2.05, 4.69) is 27.9 Å². The van der Waals surface area contributed by atoms with Gasteiger partial charge in [0.05, 0.1) is 6.61 Å². The van der Waals surface area contributed by atoms with E-state index in [1.165, 1.54) is 11.7 Å². The van der Waals surface area contributed by atoms with E-state index in [-0.39, 0.29) is 0 Å². The van der Waals surface area contributed by atoms with Gasteiger partial charge in [0.1, 0.15) is 23.7 Å². The Bertz CT molecular complexity index is 994. The van der Waals surface area contributed by atoms with Gasteiger partial charge < -0.3 is 25.8 Å². The number of unbranched alkanes of at least 4 members (excludes halogenated alkanes) is 1. The second kappa shape index (κ2) is 13.4. The van der Waals surface area contributed by atoms with E-state index in [1.807, 2.05) is 0 Å². The average Bonchev–Trinajstić information content (AvgIpc) is 2.85. The Kier molecular flexibility index (Phi) is 10.6. The molecule has 0 saturated heterocycles. The molecule has 2 aromatic rings. The molecule has 1 heterocycles. The Morgan fingerprint density at radius 2 is 1.72 bits per heavy atom. The Morgan fingerprint density at radius 1 is 1.03 bits per heavy atom. The second-order valence-corrected chi connectivity index (χ2v) is 9.28. The number of hydrogen-bond donors (Lipinski definition) is 6. The third-order valence-electron chi connectivity index (χ3n) is 5.25. The zero-order chi connectivity index (χ0) is 26.7. The van der Waals surface area contributed by atoms with E-state index in [0.29, 0.717) is 23.9 Å². The van der Waals surface area contributed by atoms with Crippen LogP contribution in [0.3, 0.4) is 0 Å². The number of nitrogens with one attached hydrogen (secondary N) is 4. The van der Waals surface area contributed by atoms with Crippen molar-refractivity contribution in [2.75, 3.05) is 17.2 Å². The van der Waals surface area contributed by atoms with Crippen LogP contribution in [0.2, 0.25) is 0 Å². The van der Waals surface area contributed by atoms with Crippen LogP contribution in [0.4, 0.5) is 11.5 Å². The first kappa shape index (κ1) is 28.5. The first-order valence-electron chi connectivity index (χ1n) is 11.7. The predicted molar refractivity (Wildman–Crippen MR) is 134 cm³/mol. The molecule has 0 aliphatic rings. The molecule has 3 atom stereocenters. The highest BCUT2D eigenvalue weighted by Crippen LogP contribution is 2.22. The maximum atomic E-state index is 13.2. The van der Waals surface area contributed by atoms with Crippen LogP contribution in [-0.2, 0) is 14.4 Å². The fraction of sp³-hybridized carbons (Fsp3) is 0.440. The summed E-state index contributed by atoms with van der Waals surface area (Å²) in [6, 6.07) is 9.05. The number of carbonyl (C=O) groups is 3. The number of anilines is 2. The molecule has 6 N–H and O–H groups in total. The predicted octanol–water partition coefficient (Wildman–Crippen LogP) is 2.08. The number of amides is 3. The molecule has 11 nitrogen and oxygen atoms in total. The lowest BCUT2D eigenvalue weighted by Gasteiger charge is -2.32. The molecule has 0 spiro atoms. The number of nitrogens with zero attached hydrogens (tertiary/aromatic N) is 1. The molecule has 0 radical (unpaired) electrons. The molecule has 0 aliphatic heterocycles. The molecule has 3 amide bonds. The number of aliphatic hydroxyl groups excluding tert-OH is 1. The summed E-state index contributed by atoms with van der Waals surface area (Å²) in [7, 11) is 0. The highest BCUT2D eigenvalue weighted by molar-refractivity contribution is 5.99. The summed E-state index contributed by atoms with van der Waals surface area (Å²) < 4.78 is 5.62. The minimum absolute atomic E-state index is 0.307. The molecular formula is C25H35N5O6. The molecule has 0 bridgehead atoms. The van der Waals surface area contributed by atoms with Crippen molar-refractivity contribution in [1.82, 2.24) is 15.8 Å². The number of pyridine rings is 1. The molecular weight excluding hydrogens is 466 g/mol. The summed E-state index contributed by atoms with van der Waals surface area (Å²) in [5.41, 5.74) is 1.02. The van der Waals surface area contributed by atoms with Crippen LogP contribution in [0, 0.1) is 5.41 Å². The van der Waals surface area contributed by atoms with Gasteiger partial charge in [-0.25, -0.2) is 10.5 Å². The molecule has 3 unspecified atom stereocenters. The molecule has 2 rings (SSSR count). The van der Waals surface area contributed by atoms with Gasteiger partial charge in [-0.1, -0.05) is 40.2 Å². The van der Waals surface area contributed by atoms with Gasteiger partial charge in [-0.05, 0) is 48.2 Å². The number of hydroxylamine groups is 1. The molecule has 36 heavy (non-hydrogen) atoms. The number of carbonyl (C=O) groups excluding carboxylic acids is 3. The summed E-state index contributed by atoms with van der Waals surface area (Å²) in [5.74, 6) is -1.61. The standard InChI is InChI=1S/C25H35N5O6/c1-5-6-15-36-17-12-10-16(11-13-17)27-19(20(31)23(33)30-35)22(32)29-21(25(2,3)4)24(34)28-18-9-7-8-14-26-18/h7-14,19-21,27,31,35H,5-6,15H2,1-4H3,(H,29,32)(H,30,33)(H,26,28,34). The van der Waals surface area contributed by atoms with Crippen LogP contribution >= 0.6 is 0 Å². The van der Waals surface area contributed by atoms with E-state index in [4.69, 9.17) is 9.94 Å². The number of benzene rings is 1. The van der Waals surface area contributed by atoms with Crippen molar-refractivity contribution in [1.29, 1.82) is 0 Å². The van der Waals surface area contributed by atoms with Crippen molar-refractivity contribution in [2.24, 2.45) is 5.41 Å². The van der Waals surface area contributed by atoms with Crippen molar-refractivity contribution >= 4 is 29.2 Å². The lowest BCUT2D eigenvalue weighted by molar-refractivity contribution is -0.142. The van der Waals surface area contributed by atoms with Gasteiger partial charge in [0, 0.05) is 11.9 Å². The quantitative estimate of drug-likeness (QED) is 0.146. The lowest BCUT2D eigenvalue weighted by atomic mass is 9.85. The summed E-state index contributed by atoms with van der Waals surface area (Å²) in [4.78, 5) is 42.3. The Morgan fingerprint density at radius 3 is 2.28 bits per heavy atom. The molecule has 196 valence electrons. The monoisotopic (exact) mass is 501 g/mol. The first-order valence-corrected chi connectivity index (χ1v) is 11.7. The maximum Gasteiger partial charge on any atom is 0.274 e. The van der Waals surface area contributed by atoms with Gasteiger partial charge in [-0.3, -0.25) is 19.6 Å². The van der Waals surface area contributed by atoms with Crippen molar-refractivity contribution in [3.05, 3.63) is 48.7 Å². The fourth-order valence-electron chi connectivity index (χ4n) is 3.21. The van der Waals surface area contributed by atoms with Gasteiger partial charge in [0.15, 0.2) is 6.10 Å². The zero-order valence-corrected chi connectivity index (χ0v) is 20.9. The number of ether oxygens (including phenoxy) is 1. The third kappa shape index (κ3) is 8.51. The fourth-order valence-corrected chi connectivity index (χ4v) is 3.21. The smallest absolute Gasteiger partial charge is 0.274 e. The topological polar surface area (TPSA) is 162 Å². The van der Waals surface area contributed by atoms with E-state index in [0.717, 1.165) is 12.8 Å². The third-order valence-corrected chi connectivity index (χ3v) is 5.25. The molecule has 0 fully saturated rings. The summed E-state index contributed by atoms with van der Waals surface area (Å²) in [5, 5.41) is 27.5. The van der Waals surface area contributed by atoms with Crippen molar-refractivity contribution in [3.63, 3.8) is 0 Å². The van der Waals surface area contributed by atoms with Gasteiger partial charge in [0.2, 0.25) is 11.8 Å². The van der Waals surface area contributed by atoms with Gasteiger partial charge >= 0.3 is 0 Å². The maximum absolute atomic E-state index is 13.2. The minimum Gasteiger partial charge on any atom is -0.494 e. The molecule has 1 aromatic carbocycles. The van der Waals surface area contributed by atoms with Crippen LogP contribution in [0.1, 0.15) is 40.5 Å². The molecule has 1 aromatic heterocycles. The largest absolute Gasteiger partial charge is 0.494 e. The van der Waals surface area contributed by atoms with Gasteiger partial charge in [0.25, 0.3) is 5.91 Å². The van der Waals surface area contributed by atoms with Crippen LogP contribution in [0.25, 0.3) is 0 Å².